The van der Waals surface area contributed by atoms with Crippen LogP contribution in [0.1, 0.15) is 32.6 Å². The van der Waals surface area contributed by atoms with E-state index in [9.17, 15) is 24.9 Å². The highest BCUT2D eigenvalue weighted by Crippen LogP contribution is 2.38. The van der Waals surface area contributed by atoms with Crippen molar-refractivity contribution in [3.05, 3.63) is 12.1 Å². The van der Waals surface area contributed by atoms with Gasteiger partial charge in [-0.25, -0.2) is 0 Å². The summed E-state index contributed by atoms with van der Waals surface area (Å²) in [5.74, 6) is -3.91. The van der Waals surface area contributed by atoms with E-state index in [1.807, 2.05) is 6.92 Å². The second-order valence-corrected chi connectivity index (χ2v) is 4.71. The molecule has 0 aliphatic heterocycles. The maximum atomic E-state index is 11.8. The van der Waals surface area contributed by atoms with E-state index in [0.717, 1.165) is 36.3 Å². The quantitative estimate of drug-likeness (QED) is 0.357. The Morgan fingerprint density at radius 1 is 1.10 bits per heavy atom. The van der Waals surface area contributed by atoms with Crippen LogP contribution in [0.4, 0.5) is 5.69 Å². The van der Waals surface area contributed by atoms with E-state index in [0.29, 0.717) is 6.42 Å². The lowest BCUT2D eigenvalue weighted by Crippen LogP contribution is -2.41. The highest BCUT2D eigenvalue weighted by Gasteiger charge is 2.22. The topological polar surface area (TPSA) is 124 Å². The Hall–Kier alpha value is -2.44. The van der Waals surface area contributed by atoms with E-state index >= 15 is 0 Å². The van der Waals surface area contributed by atoms with Crippen LogP contribution in [0.15, 0.2) is 12.1 Å². The molecule has 0 saturated carbocycles. The highest BCUT2D eigenvalue weighted by molar-refractivity contribution is 6.39. The van der Waals surface area contributed by atoms with Crippen LogP contribution in [0.5, 0.6) is 17.2 Å². The number of anilines is 1. The van der Waals surface area contributed by atoms with Crippen LogP contribution in [-0.4, -0.2) is 33.7 Å². The van der Waals surface area contributed by atoms with E-state index in [-0.39, 0.29) is 12.2 Å². The summed E-state index contributed by atoms with van der Waals surface area (Å²) in [7, 11) is 0. The SMILES string of the molecule is CCCCCCN(C(=O)C(N)=O)c1cc(O)c(O)c(O)c1. The first-order valence-corrected chi connectivity index (χ1v) is 6.74. The number of carbonyl (C=O) groups is 2. The molecule has 0 aliphatic carbocycles. The van der Waals surface area contributed by atoms with Gasteiger partial charge in [-0.2, -0.15) is 0 Å². The van der Waals surface area contributed by atoms with Crippen LogP contribution < -0.4 is 10.6 Å². The van der Waals surface area contributed by atoms with E-state index < -0.39 is 29.1 Å². The molecule has 0 heterocycles. The zero-order chi connectivity index (χ0) is 16.0. The lowest BCUT2D eigenvalue weighted by atomic mass is 10.1. The van der Waals surface area contributed by atoms with E-state index in [1.54, 1.807) is 0 Å². The summed E-state index contributed by atoms with van der Waals surface area (Å²) in [5.41, 5.74) is 5.11. The fourth-order valence-corrected chi connectivity index (χ4v) is 1.92. The van der Waals surface area contributed by atoms with E-state index in [1.165, 1.54) is 0 Å². The van der Waals surface area contributed by atoms with Crippen LogP contribution in [0.25, 0.3) is 0 Å². The van der Waals surface area contributed by atoms with Gasteiger partial charge in [-0.3, -0.25) is 9.59 Å². The lowest BCUT2D eigenvalue weighted by molar-refractivity contribution is -0.135. The Morgan fingerprint density at radius 3 is 2.14 bits per heavy atom. The number of amides is 2. The number of aromatic hydroxyl groups is 3. The Balaban J connectivity index is 3.00. The molecular formula is C14H20N2O5. The van der Waals surface area contributed by atoms with Gasteiger partial charge in [-0.05, 0) is 6.42 Å². The predicted molar refractivity (Wildman–Crippen MR) is 77.1 cm³/mol. The number of carbonyl (C=O) groups excluding carboxylic acids is 2. The Morgan fingerprint density at radius 2 is 1.67 bits per heavy atom. The minimum atomic E-state index is -1.13. The summed E-state index contributed by atoms with van der Waals surface area (Å²) >= 11 is 0. The van der Waals surface area contributed by atoms with Crippen LogP contribution in [0, 0.1) is 0 Å². The van der Waals surface area contributed by atoms with Crippen molar-refractivity contribution < 1.29 is 24.9 Å². The number of hydrogen-bond acceptors (Lipinski definition) is 5. The Labute approximate surface area is 122 Å². The molecular weight excluding hydrogens is 276 g/mol. The molecule has 0 aliphatic rings. The fraction of sp³-hybridized carbons (Fsp3) is 0.429. The molecule has 0 unspecified atom stereocenters. The van der Waals surface area contributed by atoms with Gasteiger partial charge in [0.15, 0.2) is 17.2 Å². The van der Waals surface area contributed by atoms with Gasteiger partial charge in [0, 0.05) is 18.7 Å². The summed E-state index contributed by atoms with van der Waals surface area (Å²) < 4.78 is 0. The van der Waals surface area contributed by atoms with Gasteiger partial charge < -0.3 is 26.0 Å². The maximum Gasteiger partial charge on any atom is 0.316 e. The van der Waals surface area contributed by atoms with Crippen molar-refractivity contribution in [3.63, 3.8) is 0 Å². The number of hydrogen-bond donors (Lipinski definition) is 4. The smallest absolute Gasteiger partial charge is 0.316 e. The maximum absolute atomic E-state index is 11.8. The number of benzene rings is 1. The summed E-state index contributed by atoms with van der Waals surface area (Å²) in [6.07, 6.45) is 3.53. The van der Waals surface area contributed by atoms with Crippen LogP contribution in [-0.2, 0) is 9.59 Å². The van der Waals surface area contributed by atoms with Gasteiger partial charge in [0.2, 0.25) is 0 Å². The second kappa shape index (κ2) is 7.37. The minimum Gasteiger partial charge on any atom is -0.504 e. The first kappa shape index (κ1) is 16.6. The average molecular weight is 296 g/mol. The van der Waals surface area contributed by atoms with Crippen LogP contribution in [0.3, 0.4) is 0 Å². The third-order valence-corrected chi connectivity index (χ3v) is 3.06. The Bertz CT molecular complexity index is 507. The summed E-state index contributed by atoms with van der Waals surface area (Å²) in [6, 6.07) is 2.19. The normalized spacial score (nSPS) is 10.3. The average Bonchev–Trinajstić information content (AvgIpc) is 2.43. The molecule has 0 radical (unpaired) electrons. The monoisotopic (exact) mass is 296 g/mol. The third-order valence-electron chi connectivity index (χ3n) is 3.06. The number of primary amides is 1. The molecule has 0 spiro atoms. The van der Waals surface area contributed by atoms with E-state index in [4.69, 9.17) is 5.73 Å². The van der Waals surface area contributed by atoms with Gasteiger partial charge in [0.1, 0.15) is 0 Å². The first-order valence-electron chi connectivity index (χ1n) is 6.74. The van der Waals surface area contributed by atoms with Crippen molar-refractivity contribution in [2.75, 3.05) is 11.4 Å². The number of phenols is 3. The molecule has 5 N–H and O–H groups in total. The fourth-order valence-electron chi connectivity index (χ4n) is 1.92. The van der Waals surface area contributed by atoms with Gasteiger partial charge in [-0.15, -0.1) is 0 Å². The number of nitrogens with two attached hydrogens (primary N) is 1. The molecule has 7 nitrogen and oxygen atoms in total. The number of phenolic OH excluding ortho intramolecular Hbond substituents is 3. The summed E-state index contributed by atoms with van der Waals surface area (Å²) in [4.78, 5) is 24.0. The van der Waals surface area contributed by atoms with Gasteiger partial charge in [-0.1, -0.05) is 26.2 Å². The first-order chi connectivity index (χ1) is 9.88. The molecule has 0 atom stereocenters. The molecule has 1 aromatic carbocycles. The number of nitrogens with zero attached hydrogens (tertiary/aromatic N) is 1. The van der Waals surface area contributed by atoms with Gasteiger partial charge in [0.25, 0.3) is 0 Å². The molecule has 0 saturated heterocycles. The van der Waals surface area contributed by atoms with Crippen molar-refractivity contribution in [1.29, 1.82) is 0 Å². The molecule has 2 amide bonds. The van der Waals surface area contributed by atoms with Crippen molar-refractivity contribution in [1.82, 2.24) is 0 Å². The van der Waals surface area contributed by atoms with Crippen molar-refractivity contribution >= 4 is 17.5 Å². The Kier molecular flexibility index (Phi) is 5.83. The molecule has 116 valence electrons. The highest BCUT2D eigenvalue weighted by atomic mass is 16.3. The number of unbranched alkanes of at least 4 members (excludes halogenated alkanes) is 3. The lowest BCUT2D eigenvalue weighted by Gasteiger charge is -2.22. The molecule has 21 heavy (non-hydrogen) atoms. The predicted octanol–water partition coefficient (Wildman–Crippen LogP) is 1.20. The molecule has 1 aromatic rings. The summed E-state index contributed by atoms with van der Waals surface area (Å²) in [6.45, 7) is 2.27. The van der Waals surface area contributed by atoms with Crippen molar-refractivity contribution in [2.45, 2.75) is 32.6 Å². The second-order valence-electron chi connectivity index (χ2n) is 4.71. The minimum absolute atomic E-state index is 0.100. The zero-order valence-corrected chi connectivity index (χ0v) is 11.9. The van der Waals surface area contributed by atoms with Crippen molar-refractivity contribution in [3.8, 4) is 17.2 Å². The van der Waals surface area contributed by atoms with Crippen molar-refractivity contribution in [2.24, 2.45) is 5.73 Å². The summed E-state index contributed by atoms with van der Waals surface area (Å²) in [5, 5.41) is 28.3. The van der Waals surface area contributed by atoms with Crippen LogP contribution >= 0.6 is 0 Å². The third kappa shape index (κ3) is 4.27. The van der Waals surface area contributed by atoms with Crippen LogP contribution in [0.2, 0.25) is 0 Å². The van der Waals surface area contributed by atoms with Gasteiger partial charge in [0.05, 0.1) is 5.69 Å². The van der Waals surface area contributed by atoms with E-state index in [2.05, 4.69) is 0 Å². The molecule has 7 heteroatoms. The zero-order valence-electron chi connectivity index (χ0n) is 11.9. The molecule has 0 bridgehead atoms. The molecule has 0 aromatic heterocycles. The van der Waals surface area contributed by atoms with Gasteiger partial charge >= 0.3 is 11.8 Å². The molecule has 0 fully saturated rings. The largest absolute Gasteiger partial charge is 0.504 e. The number of rotatable bonds is 6. The standard InChI is InChI=1S/C14H20N2O5/c1-2-3-4-5-6-16(14(21)13(15)20)9-7-10(17)12(19)11(18)8-9/h7-8,17-19H,2-6H2,1H3,(H2,15,20). The molecule has 1 rings (SSSR count).